The Morgan fingerprint density at radius 2 is 1.70 bits per heavy atom. The van der Waals surface area contributed by atoms with Crippen LogP contribution in [0.2, 0.25) is 19.6 Å². The van der Waals surface area contributed by atoms with Crippen molar-refractivity contribution in [2.75, 3.05) is 13.4 Å². The maximum absolute atomic E-state index is 13.7. The van der Waals surface area contributed by atoms with Crippen molar-refractivity contribution < 1.29 is 28.5 Å². The molecule has 37 heavy (non-hydrogen) atoms. The van der Waals surface area contributed by atoms with Gasteiger partial charge in [-0.3, -0.25) is 4.79 Å². The van der Waals surface area contributed by atoms with Crippen LogP contribution in [0, 0.1) is 13.8 Å². The van der Waals surface area contributed by atoms with E-state index in [2.05, 4.69) is 33.5 Å². The molecule has 0 spiro atoms. The van der Waals surface area contributed by atoms with Crippen molar-refractivity contribution in [3.05, 3.63) is 51.6 Å². The number of amides is 1. The fraction of sp³-hybridized carbons (Fsp3) is 0.517. The molecule has 8 heteroatoms. The molecule has 0 unspecified atom stereocenters. The summed E-state index contributed by atoms with van der Waals surface area (Å²) in [7, 11) is -1.96. The van der Waals surface area contributed by atoms with Gasteiger partial charge in [-0.05, 0) is 81.5 Å². The highest BCUT2D eigenvalue weighted by Crippen LogP contribution is 2.40. The molecule has 1 atom stereocenters. The Labute approximate surface area is 221 Å². The first-order valence-corrected chi connectivity index (χ1v) is 16.4. The number of ether oxygens (including phenoxy) is 4. The normalized spacial score (nSPS) is 15.5. The molecule has 0 radical (unpaired) electrons. The third kappa shape index (κ3) is 5.14. The molecule has 4 rings (SSSR count). The summed E-state index contributed by atoms with van der Waals surface area (Å²) in [6.45, 7) is 20.1. The number of hydrogen-bond donors (Lipinski definition) is 0. The van der Waals surface area contributed by atoms with Gasteiger partial charge in [-0.1, -0.05) is 30.9 Å². The second-order valence-corrected chi connectivity index (χ2v) is 16.8. The van der Waals surface area contributed by atoms with Gasteiger partial charge < -0.3 is 23.8 Å². The summed E-state index contributed by atoms with van der Waals surface area (Å²) in [6, 6.07) is 5.41. The molecular formula is C29H39NO6Si. The molecule has 1 amide bonds. The van der Waals surface area contributed by atoms with Crippen LogP contribution in [-0.2, 0) is 27.4 Å². The maximum atomic E-state index is 13.7. The van der Waals surface area contributed by atoms with Gasteiger partial charge in [0.05, 0.1) is 25.8 Å². The SMILES string of the molecule is CCOC(=O)[C@@H](OC(C)(C)C)c1c(C)c2c(c(C)c1[Si](C)(C)C)CN(C(=O)c1cccc3c1OCO3)C2. The lowest BCUT2D eigenvalue weighted by Crippen LogP contribution is -2.46. The van der Waals surface area contributed by atoms with Crippen molar-refractivity contribution in [2.24, 2.45) is 0 Å². The molecule has 0 aromatic heterocycles. The lowest BCUT2D eigenvalue weighted by atomic mass is 9.91. The van der Waals surface area contributed by atoms with E-state index in [0.29, 0.717) is 30.2 Å². The summed E-state index contributed by atoms with van der Waals surface area (Å²) < 4.78 is 23.0. The van der Waals surface area contributed by atoms with Gasteiger partial charge in [0.2, 0.25) is 6.79 Å². The number of para-hydroxylation sites is 1. The predicted molar refractivity (Wildman–Crippen MR) is 145 cm³/mol. The fourth-order valence-corrected chi connectivity index (χ4v) is 7.93. The molecule has 2 aliphatic heterocycles. The molecule has 7 nitrogen and oxygen atoms in total. The van der Waals surface area contributed by atoms with Crippen molar-refractivity contribution in [1.82, 2.24) is 4.90 Å². The molecule has 0 saturated heterocycles. The number of carbonyl (C=O) groups excluding carboxylic acids is 2. The molecule has 2 aromatic rings. The standard InChI is InChI=1S/C29H39NO6Si/c1-10-33-28(32)25(36-29(4,5)6)23-17(2)20-14-30(15-21(20)18(3)26(23)37(7,8)9)27(31)19-12-11-13-22-24(19)35-16-34-22/h11-13,25H,10,14-16H2,1-9H3/t25-/m0/s1. The van der Waals surface area contributed by atoms with Crippen LogP contribution in [0.3, 0.4) is 0 Å². The number of carbonyl (C=O) groups is 2. The summed E-state index contributed by atoms with van der Waals surface area (Å²) in [5, 5.41) is 1.21. The quantitative estimate of drug-likeness (QED) is 0.384. The summed E-state index contributed by atoms with van der Waals surface area (Å²) in [5.74, 6) is 0.625. The molecule has 0 aliphatic carbocycles. The predicted octanol–water partition coefficient (Wildman–Crippen LogP) is 5.15. The van der Waals surface area contributed by atoms with Crippen LogP contribution in [0.15, 0.2) is 18.2 Å². The highest BCUT2D eigenvalue weighted by molar-refractivity contribution is 6.89. The lowest BCUT2D eigenvalue weighted by Gasteiger charge is -2.34. The molecule has 200 valence electrons. The van der Waals surface area contributed by atoms with Gasteiger partial charge in [-0.15, -0.1) is 0 Å². The maximum Gasteiger partial charge on any atom is 0.339 e. The smallest absolute Gasteiger partial charge is 0.339 e. The van der Waals surface area contributed by atoms with E-state index >= 15 is 0 Å². The first-order chi connectivity index (χ1) is 17.2. The molecule has 0 N–H and O–H groups in total. The Morgan fingerprint density at radius 3 is 2.30 bits per heavy atom. The van der Waals surface area contributed by atoms with E-state index in [9.17, 15) is 9.59 Å². The lowest BCUT2D eigenvalue weighted by molar-refractivity contribution is -0.166. The number of fused-ring (bicyclic) bond motifs is 2. The molecule has 0 fully saturated rings. The first kappa shape index (κ1) is 27.2. The highest BCUT2D eigenvalue weighted by Gasteiger charge is 2.40. The van der Waals surface area contributed by atoms with Crippen LogP contribution in [0.5, 0.6) is 11.5 Å². The van der Waals surface area contributed by atoms with Crippen LogP contribution in [0.4, 0.5) is 0 Å². The van der Waals surface area contributed by atoms with Crippen LogP contribution >= 0.6 is 0 Å². The zero-order valence-corrected chi connectivity index (χ0v) is 24.5. The molecule has 2 aromatic carbocycles. The van der Waals surface area contributed by atoms with Gasteiger partial charge in [0.25, 0.3) is 5.91 Å². The molecule has 2 aliphatic rings. The monoisotopic (exact) mass is 525 g/mol. The number of hydrogen-bond acceptors (Lipinski definition) is 6. The van der Waals surface area contributed by atoms with E-state index in [1.807, 2.05) is 44.7 Å². The number of nitrogens with zero attached hydrogens (tertiary/aromatic N) is 1. The van der Waals surface area contributed by atoms with Crippen molar-refractivity contribution in [3.8, 4) is 11.5 Å². The van der Waals surface area contributed by atoms with E-state index in [0.717, 1.165) is 27.8 Å². The second kappa shape index (κ2) is 9.80. The minimum Gasteiger partial charge on any atom is -0.464 e. The van der Waals surface area contributed by atoms with Gasteiger partial charge in [-0.25, -0.2) is 4.79 Å². The van der Waals surface area contributed by atoms with Crippen molar-refractivity contribution in [2.45, 2.75) is 86.0 Å². The Kier molecular flexibility index (Phi) is 7.20. The first-order valence-electron chi connectivity index (χ1n) is 12.9. The third-order valence-electron chi connectivity index (χ3n) is 6.91. The van der Waals surface area contributed by atoms with Gasteiger partial charge in [0.1, 0.15) is 0 Å². The van der Waals surface area contributed by atoms with Gasteiger partial charge >= 0.3 is 5.97 Å². The van der Waals surface area contributed by atoms with E-state index < -0.39 is 19.8 Å². The molecular weight excluding hydrogens is 486 g/mol. The summed E-state index contributed by atoms with van der Waals surface area (Å²) in [4.78, 5) is 28.8. The Balaban J connectivity index is 1.83. The molecule has 2 heterocycles. The molecule has 0 bridgehead atoms. The zero-order chi connectivity index (χ0) is 27.3. The van der Waals surface area contributed by atoms with Crippen LogP contribution in [0.1, 0.15) is 72.0 Å². The highest BCUT2D eigenvalue weighted by atomic mass is 28.3. The minimum atomic E-state index is -1.96. The Bertz CT molecular complexity index is 1240. The van der Waals surface area contributed by atoms with Crippen molar-refractivity contribution >= 4 is 25.1 Å². The summed E-state index contributed by atoms with van der Waals surface area (Å²) >= 11 is 0. The van der Waals surface area contributed by atoms with E-state index in [4.69, 9.17) is 18.9 Å². The number of rotatable bonds is 6. The largest absolute Gasteiger partial charge is 0.464 e. The van der Waals surface area contributed by atoms with Crippen molar-refractivity contribution in [1.29, 1.82) is 0 Å². The van der Waals surface area contributed by atoms with Gasteiger partial charge in [0, 0.05) is 13.1 Å². The van der Waals surface area contributed by atoms with Gasteiger partial charge in [0.15, 0.2) is 17.6 Å². The number of benzene rings is 2. The topological polar surface area (TPSA) is 74.3 Å². The fourth-order valence-electron chi connectivity index (χ4n) is 5.52. The number of esters is 1. The Hall–Kier alpha value is -2.84. The zero-order valence-electron chi connectivity index (χ0n) is 23.5. The molecule has 0 saturated carbocycles. The van der Waals surface area contributed by atoms with Crippen LogP contribution in [0.25, 0.3) is 0 Å². The van der Waals surface area contributed by atoms with E-state index in [1.165, 1.54) is 5.19 Å². The van der Waals surface area contributed by atoms with Crippen LogP contribution in [-0.4, -0.2) is 43.9 Å². The third-order valence-corrected chi connectivity index (χ3v) is 9.06. The summed E-state index contributed by atoms with van der Waals surface area (Å²) in [6.07, 6.45) is -0.835. The average molecular weight is 526 g/mol. The van der Waals surface area contributed by atoms with E-state index in [-0.39, 0.29) is 25.3 Å². The van der Waals surface area contributed by atoms with Gasteiger partial charge in [-0.2, -0.15) is 0 Å². The van der Waals surface area contributed by atoms with Crippen molar-refractivity contribution in [3.63, 3.8) is 0 Å². The van der Waals surface area contributed by atoms with E-state index in [1.54, 1.807) is 6.07 Å². The Morgan fingerprint density at radius 1 is 1.05 bits per heavy atom. The van der Waals surface area contributed by atoms with Crippen LogP contribution < -0.4 is 14.7 Å². The second-order valence-electron chi connectivity index (χ2n) is 11.8. The summed E-state index contributed by atoms with van der Waals surface area (Å²) in [5.41, 5.74) is 5.27. The average Bonchev–Trinajstić information content (AvgIpc) is 3.45. The minimum absolute atomic E-state index is 0.0960.